The van der Waals surface area contributed by atoms with Gasteiger partial charge in [0.25, 0.3) is 23.8 Å². The lowest BCUT2D eigenvalue weighted by atomic mass is 9.99. The first-order chi connectivity index (χ1) is 15.0. The maximum atomic E-state index is 13.8. The smallest absolute Gasteiger partial charge is 0.200 e. The molecule has 0 aliphatic carbocycles. The van der Waals surface area contributed by atoms with E-state index < -0.39 is 58.2 Å². The summed E-state index contributed by atoms with van der Waals surface area (Å²) in [6, 6.07) is 2.77. The molecule has 0 N–H and O–H groups in total. The number of pyridine rings is 2. The van der Waals surface area contributed by atoms with E-state index in [-0.39, 0.29) is 11.1 Å². The zero-order valence-electron chi connectivity index (χ0n) is 16.1. The number of aromatic nitrogens is 2. The van der Waals surface area contributed by atoms with E-state index in [1.807, 2.05) is 11.8 Å². The van der Waals surface area contributed by atoms with E-state index in [9.17, 15) is 35.1 Å². The fraction of sp³-hybridized carbons (Fsp3) is 0.0909. The quantitative estimate of drug-likeness (QED) is 0.273. The van der Waals surface area contributed by atoms with Gasteiger partial charge in [-0.05, 0) is 37.1 Å². The fourth-order valence-corrected chi connectivity index (χ4v) is 2.48. The molecule has 10 heteroatoms. The summed E-state index contributed by atoms with van der Waals surface area (Å²) < 4.78 is 108. The summed E-state index contributed by atoms with van der Waals surface area (Å²) in [5, 5.41) is 0. The Bertz CT molecular complexity index is 1230. The summed E-state index contributed by atoms with van der Waals surface area (Å²) in [4.78, 5) is 4.83. The minimum Gasteiger partial charge on any atom is -0.200 e. The van der Waals surface area contributed by atoms with Gasteiger partial charge in [0.05, 0.1) is 0 Å². The lowest BCUT2D eigenvalue weighted by Crippen LogP contribution is -2.04. The van der Waals surface area contributed by atoms with Crippen molar-refractivity contribution in [3.05, 3.63) is 92.6 Å². The molecule has 2 heterocycles. The summed E-state index contributed by atoms with van der Waals surface area (Å²) in [7, 11) is 0. The molecule has 0 unspecified atom stereocenters. The van der Waals surface area contributed by atoms with Crippen LogP contribution >= 0.6 is 0 Å². The van der Waals surface area contributed by atoms with Crippen molar-refractivity contribution in [2.75, 3.05) is 0 Å². The number of halogens is 8. The minimum absolute atomic E-state index is 0.0483. The number of hydrogen-bond acceptors (Lipinski definition) is 2. The average molecular weight is 452 g/mol. The molecule has 0 saturated carbocycles. The molecule has 32 heavy (non-hydrogen) atoms. The van der Waals surface area contributed by atoms with Gasteiger partial charge in [0.1, 0.15) is 11.1 Å². The number of aryl methyl sites for hydroxylation is 2. The van der Waals surface area contributed by atoms with Crippen molar-refractivity contribution < 1.29 is 35.1 Å². The highest BCUT2D eigenvalue weighted by atomic mass is 19.2. The van der Waals surface area contributed by atoms with E-state index in [0.29, 0.717) is 11.1 Å². The van der Waals surface area contributed by atoms with Crippen LogP contribution in [-0.4, -0.2) is 9.97 Å². The molecule has 3 rings (SSSR count). The molecule has 0 amide bonds. The van der Waals surface area contributed by atoms with Gasteiger partial charge in [0.2, 0.25) is 0 Å². The first-order valence-electron chi connectivity index (χ1n) is 8.56. The summed E-state index contributed by atoms with van der Waals surface area (Å²) in [5.74, 6) is -6.45. The van der Waals surface area contributed by atoms with Crippen LogP contribution in [0.3, 0.4) is 0 Å². The molecule has 2 aromatic heterocycles. The van der Waals surface area contributed by atoms with Gasteiger partial charge in [0, 0.05) is 11.1 Å². The summed E-state index contributed by atoms with van der Waals surface area (Å²) >= 11 is 0. The average Bonchev–Trinajstić information content (AvgIpc) is 2.73. The van der Waals surface area contributed by atoms with Gasteiger partial charge in [-0.15, -0.1) is 0 Å². The molecular weight excluding hydrogens is 444 g/mol. The van der Waals surface area contributed by atoms with Crippen molar-refractivity contribution in [3.63, 3.8) is 0 Å². The molecule has 1 aromatic carbocycles. The van der Waals surface area contributed by atoms with Gasteiger partial charge in [0.15, 0.2) is 23.3 Å². The first-order valence-corrected chi connectivity index (χ1v) is 8.56. The Morgan fingerprint density at radius 3 is 1.06 bits per heavy atom. The molecule has 0 aliphatic rings. The van der Waals surface area contributed by atoms with Gasteiger partial charge < -0.3 is 0 Å². The zero-order valence-corrected chi connectivity index (χ0v) is 16.1. The normalized spacial score (nSPS) is 10.3. The van der Waals surface area contributed by atoms with E-state index in [4.69, 9.17) is 0 Å². The predicted molar refractivity (Wildman–Crippen MR) is 96.0 cm³/mol. The van der Waals surface area contributed by atoms with Crippen LogP contribution in [0.25, 0.3) is 0 Å². The Balaban J connectivity index is 2.19. The molecule has 3 aromatic rings. The van der Waals surface area contributed by atoms with Crippen LogP contribution in [0.2, 0.25) is 0 Å². The second-order valence-corrected chi connectivity index (χ2v) is 6.37. The predicted octanol–water partition coefficient (Wildman–Crippen LogP) is 5.01. The maximum Gasteiger partial charge on any atom is 0.253 e. The van der Waals surface area contributed by atoms with E-state index in [2.05, 4.69) is 21.8 Å². The third-order valence-electron chi connectivity index (χ3n) is 4.27. The van der Waals surface area contributed by atoms with Crippen LogP contribution in [-0.2, 0) is 0 Å². The van der Waals surface area contributed by atoms with Crippen LogP contribution in [0.15, 0.2) is 12.1 Å². The van der Waals surface area contributed by atoms with Gasteiger partial charge in [-0.25, -0.2) is 17.6 Å². The number of benzene rings is 1. The lowest BCUT2D eigenvalue weighted by Gasteiger charge is -2.04. The van der Waals surface area contributed by atoms with Crippen LogP contribution in [0.5, 0.6) is 0 Å². The molecule has 162 valence electrons. The van der Waals surface area contributed by atoms with E-state index in [1.54, 1.807) is 13.8 Å². The highest BCUT2D eigenvalue weighted by Crippen LogP contribution is 2.19. The van der Waals surface area contributed by atoms with Crippen molar-refractivity contribution in [1.82, 2.24) is 9.97 Å². The lowest BCUT2D eigenvalue weighted by molar-refractivity contribution is 0.404. The summed E-state index contributed by atoms with van der Waals surface area (Å²) in [6.45, 7) is 3.27. The van der Waals surface area contributed by atoms with Gasteiger partial charge in [-0.1, -0.05) is 23.7 Å². The second-order valence-electron chi connectivity index (χ2n) is 6.37. The Morgan fingerprint density at radius 2 is 0.781 bits per heavy atom. The minimum atomic E-state index is -1.90. The van der Waals surface area contributed by atoms with Crippen LogP contribution in [0, 0.1) is 84.6 Å². The Hall–Kier alpha value is -3.92. The first kappa shape index (κ1) is 22.8. The number of nitrogens with zero attached hydrogens (tertiary/aromatic N) is 2. The number of rotatable bonds is 0. The van der Waals surface area contributed by atoms with Gasteiger partial charge in [-0.2, -0.15) is 27.5 Å². The van der Waals surface area contributed by atoms with Gasteiger partial charge in [-0.3, -0.25) is 0 Å². The molecule has 0 aliphatic heterocycles. The van der Waals surface area contributed by atoms with Crippen molar-refractivity contribution >= 4 is 0 Å². The molecule has 0 radical (unpaired) electrons. The molecule has 0 spiro atoms. The SMILES string of the molecule is Cc1cc(C#Cc2c(F)c(F)nc(F)c2F)c(C#Cc2c(F)c(F)nc(F)c2F)cc1C. The highest BCUT2D eigenvalue weighted by Gasteiger charge is 2.20. The van der Waals surface area contributed by atoms with E-state index in [0.717, 1.165) is 0 Å². The monoisotopic (exact) mass is 452 g/mol. The van der Waals surface area contributed by atoms with E-state index in [1.165, 1.54) is 12.1 Å². The topological polar surface area (TPSA) is 25.8 Å². The van der Waals surface area contributed by atoms with Crippen LogP contribution < -0.4 is 0 Å². The number of hydrogen-bond donors (Lipinski definition) is 0. The van der Waals surface area contributed by atoms with Crippen molar-refractivity contribution in [2.24, 2.45) is 0 Å². The van der Waals surface area contributed by atoms with Crippen molar-refractivity contribution in [2.45, 2.75) is 13.8 Å². The molecule has 0 atom stereocenters. The molecular formula is C22H8F8N2. The second kappa shape index (κ2) is 8.67. The van der Waals surface area contributed by atoms with Crippen LogP contribution in [0.4, 0.5) is 35.1 Å². The molecule has 0 saturated heterocycles. The molecule has 0 fully saturated rings. The van der Waals surface area contributed by atoms with Crippen molar-refractivity contribution in [3.8, 4) is 23.7 Å². The molecule has 2 nitrogen and oxygen atoms in total. The fourth-order valence-electron chi connectivity index (χ4n) is 2.48. The Morgan fingerprint density at radius 1 is 0.500 bits per heavy atom. The highest BCUT2D eigenvalue weighted by molar-refractivity contribution is 5.57. The maximum absolute atomic E-state index is 13.8. The third kappa shape index (κ3) is 4.26. The summed E-state index contributed by atoms with van der Waals surface area (Å²) in [5.41, 5.74) is -1.33. The Labute approximate surface area is 175 Å². The molecule has 0 bridgehead atoms. The summed E-state index contributed by atoms with van der Waals surface area (Å²) in [6.07, 6.45) is 0. The van der Waals surface area contributed by atoms with Crippen LogP contribution in [0.1, 0.15) is 33.4 Å². The van der Waals surface area contributed by atoms with Gasteiger partial charge >= 0.3 is 0 Å². The largest absolute Gasteiger partial charge is 0.253 e. The van der Waals surface area contributed by atoms with Crippen molar-refractivity contribution in [1.29, 1.82) is 0 Å². The zero-order chi connectivity index (χ0) is 23.7. The van der Waals surface area contributed by atoms with E-state index >= 15 is 0 Å². The Kier molecular flexibility index (Phi) is 6.17. The standard InChI is InChI=1S/C22H8F8N2/c1-9-7-11(3-5-13-15(23)19(27)31-20(28)16(13)24)12(8-10(9)2)4-6-14-17(25)21(29)32-22(30)18(14)26/h7-8H,1-2H3. The third-order valence-corrected chi connectivity index (χ3v) is 4.27.